The Kier molecular flexibility index (Phi) is 8.77. The van der Waals surface area contributed by atoms with Gasteiger partial charge in [-0.15, -0.1) is 0 Å². The summed E-state index contributed by atoms with van der Waals surface area (Å²) in [6.07, 6.45) is 2.01. The molecule has 1 aromatic carbocycles. The van der Waals surface area contributed by atoms with Crippen LogP contribution in [0.5, 0.6) is 5.75 Å². The normalized spacial score (nSPS) is 11.6. The minimum atomic E-state index is 0.0629. The summed E-state index contributed by atoms with van der Waals surface area (Å²) in [5.74, 6) is 1.67. The van der Waals surface area contributed by atoms with Crippen LogP contribution in [0.25, 0.3) is 0 Å². The molecule has 0 spiro atoms. The largest absolute Gasteiger partial charge is 0.491 e. The van der Waals surface area contributed by atoms with E-state index in [-0.39, 0.29) is 11.7 Å². The molecule has 6 nitrogen and oxygen atoms in total. The SMILES string of the molecule is CN=C(NCCCCn1c(C)cccc1=O)NCc1ccc(C)cc1OC(C)C. The van der Waals surface area contributed by atoms with Gasteiger partial charge in [-0.3, -0.25) is 9.79 Å². The maximum atomic E-state index is 11.9. The van der Waals surface area contributed by atoms with Crippen molar-refractivity contribution < 1.29 is 4.74 Å². The third-order valence-corrected chi connectivity index (χ3v) is 4.62. The molecule has 0 aliphatic carbocycles. The van der Waals surface area contributed by atoms with Gasteiger partial charge in [0.1, 0.15) is 5.75 Å². The summed E-state index contributed by atoms with van der Waals surface area (Å²) in [4.78, 5) is 16.2. The molecule has 0 saturated heterocycles. The summed E-state index contributed by atoms with van der Waals surface area (Å²) in [5, 5.41) is 6.69. The van der Waals surface area contributed by atoms with Crippen LogP contribution in [0, 0.1) is 13.8 Å². The Morgan fingerprint density at radius 1 is 1.14 bits per heavy atom. The van der Waals surface area contributed by atoms with E-state index in [4.69, 9.17) is 4.74 Å². The molecule has 29 heavy (non-hydrogen) atoms. The highest BCUT2D eigenvalue weighted by molar-refractivity contribution is 5.79. The molecule has 0 radical (unpaired) electrons. The van der Waals surface area contributed by atoms with E-state index in [1.54, 1.807) is 19.2 Å². The van der Waals surface area contributed by atoms with E-state index in [1.807, 2.05) is 31.4 Å². The third-order valence-electron chi connectivity index (χ3n) is 4.62. The van der Waals surface area contributed by atoms with Gasteiger partial charge < -0.3 is 19.9 Å². The van der Waals surface area contributed by atoms with Crippen molar-refractivity contribution in [2.45, 2.75) is 59.7 Å². The molecule has 0 atom stereocenters. The average molecular weight is 399 g/mol. The molecule has 0 amide bonds. The van der Waals surface area contributed by atoms with Crippen LogP contribution in [0.2, 0.25) is 0 Å². The van der Waals surface area contributed by atoms with Crippen molar-refractivity contribution in [1.82, 2.24) is 15.2 Å². The van der Waals surface area contributed by atoms with Crippen LogP contribution in [0.4, 0.5) is 0 Å². The van der Waals surface area contributed by atoms with Gasteiger partial charge in [0.25, 0.3) is 5.56 Å². The highest BCUT2D eigenvalue weighted by Crippen LogP contribution is 2.21. The Balaban J connectivity index is 1.79. The lowest BCUT2D eigenvalue weighted by molar-refractivity contribution is 0.239. The Labute approximate surface area is 174 Å². The molecular formula is C23H34N4O2. The number of guanidine groups is 1. The van der Waals surface area contributed by atoms with Crippen molar-refractivity contribution >= 4 is 5.96 Å². The molecule has 0 unspecified atom stereocenters. The summed E-state index contributed by atoms with van der Waals surface area (Å²) < 4.78 is 7.76. The molecule has 0 saturated carbocycles. The molecule has 158 valence electrons. The first-order valence-corrected chi connectivity index (χ1v) is 10.3. The number of nitrogens with one attached hydrogen (secondary N) is 2. The third kappa shape index (κ3) is 7.29. The number of unbranched alkanes of at least 4 members (excludes halogenated alkanes) is 1. The van der Waals surface area contributed by atoms with Crippen LogP contribution in [0.15, 0.2) is 46.2 Å². The molecule has 0 aliphatic rings. The number of aryl methyl sites for hydroxylation is 2. The van der Waals surface area contributed by atoms with E-state index in [0.29, 0.717) is 6.54 Å². The lowest BCUT2D eigenvalue weighted by Gasteiger charge is -2.17. The molecule has 1 aromatic heterocycles. The van der Waals surface area contributed by atoms with Crippen molar-refractivity contribution in [3.63, 3.8) is 0 Å². The fourth-order valence-corrected chi connectivity index (χ4v) is 3.08. The monoisotopic (exact) mass is 398 g/mol. The van der Waals surface area contributed by atoms with E-state index < -0.39 is 0 Å². The zero-order valence-electron chi connectivity index (χ0n) is 18.3. The number of ether oxygens (including phenoxy) is 1. The number of nitrogens with zero attached hydrogens (tertiary/aromatic N) is 2. The second-order valence-corrected chi connectivity index (χ2v) is 7.49. The number of aliphatic imine (C=N–C) groups is 1. The Hall–Kier alpha value is -2.76. The predicted molar refractivity (Wildman–Crippen MR) is 120 cm³/mol. The number of hydrogen-bond acceptors (Lipinski definition) is 3. The first kappa shape index (κ1) is 22.5. The first-order chi connectivity index (χ1) is 13.9. The van der Waals surface area contributed by atoms with Gasteiger partial charge in [0.05, 0.1) is 6.10 Å². The highest BCUT2D eigenvalue weighted by Gasteiger charge is 2.07. The van der Waals surface area contributed by atoms with E-state index in [2.05, 4.69) is 40.7 Å². The Morgan fingerprint density at radius 3 is 2.62 bits per heavy atom. The number of hydrogen-bond donors (Lipinski definition) is 2. The smallest absolute Gasteiger partial charge is 0.250 e. The van der Waals surface area contributed by atoms with Crippen molar-refractivity contribution in [2.24, 2.45) is 4.99 Å². The molecule has 1 heterocycles. The van der Waals surface area contributed by atoms with Crippen LogP contribution in [-0.4, -0.2) is 30.2 Å². The standard InChI is InChI=1S/C23H34N4O2/c1-17(2)29-21-15-18(3)11-12-20(21)16-26-23(24-5)25-13-6-7-14-27-19(4)9-8-10-22(27)28/h8-12,15,17H,6-7,13-14,16H2,1-5H3,(H2,24,25,26). The number of aromatic nitrogens is 1. The van der Waals surface area contributed by atoms with E-state index in [0.717, 1.165) is 48.9 Å². The summed E-state index contributed by atoms with van der Waals surface area (Å²) in [5.41, 5.74) is 3.35. The van der Waals surface area contributed by atoms with Crippen LogP contribution >= 0.6 is 0 Å². The maximum Gasteiger partial charge on any atom is 0.250 e. The van der Waals surface area contributed by atoms with E-state index in [1.165, 1.54) is 5.56 Å². The lowest BCUT2D eigenvalue weighted by atomic mass is 10.1. The van der Waals surface area contributed by atoms with Gasteiger partial charge in [-0.1, -0.05) is 18.2 Å². The van der Waals surface area contributed by atoms with Crippen LogP contribution < -0.4 is 20.9 Å². The Morgan fingerprint density at radius 2 is 1.93 bits per heavy atom. The van der Waals surface area contributed by atoms with Gasteiger partial charge in [0.15, 0.2) is 5.96 Å². The molecule has 2 aromatic rings. The quantitative estimate of drug-likeness (QED) is 0.386. The zero-order chi connectivity index (χ0) is 21.2. The van der Waals surface area contributed by atoms with Crippen molar-refractivity contribution in [3.05, 3.63) is 63.6 Å². The highest BCUT2D eigenvalue weighted by atomic mass is 16.5. The molecule has 0 aliphatic heterocycles. The fourth-order valence-electron chi connectivity index (χ4n) is 3.08. The lowest BCUT2D eigenvalue weighted by Crippen LogP contribution is -2.37. The second-order valence-electron chi connectivity index (χ2n) is 7.49. The second kappa shape index (κ2) is 11.3. The summed E-state index contributed by atoms with van der Waals surface area (Å²) in [6.45, 7) is 10.3. The van der Waals surface area contributed by atoms with Crippen LogP contribution in [0.3, 0.4) is 0 Å². The number of benzene rings is 1. The van der Waals surface area contributed by atoms with Crippen LogP contribution in [-0.2, 0) is 13.1 Å². The van der Waals surface area contributed by atoms with Gasteiger partial charge in [-0.05, 0) is 58.2 Å². The van der Waals surface area contributed by atoms with Crippen molar-refractivity contribution in [3.8, 4) is 5.75 Å². The first-order valence-electron chi connectivity index (χ1n) is 10.3. The average Bonchev–Trinajstić information content (AvgIpc) is 2.66. The fraction of sp³-hybridized carbons (Fsp3) is 0.478. The molecule has 2 rings (SSSR count). The molecule has 2 N–H and O–H groups in total. The minimum Gasteiger partial charge on any atom is -0.491 e. The zero-order valence-corrected chi connectivity index (χ0v) is 18.3. The van der Waals surface area contributed by atoms with Gasteiger partial charge in [-0.25, -0.2) is 0 Å². The number of pyridine rings is 1. The summed E-state index contributed by atoms with van der Waals surface area (Å²) in [6, 6.07) is 11.6. The Bertz CT molecular complexity index is 871. The van der Waals surface area contributed by atoms with Gasteiger partial charge >= 0.3 is 0 Å². The number of rotatable bonds is 9. The van der Waals surface area contributed by atoms with Crippen molar-refractivity contribution in [2.75, 3.05) is 13.6 Å². The molecule has 0 bridgehead atoms. The van der Waals surface area contributed by atoms with Crippen molar-refractivity contribution in [1.29, 1.82) is 0 Å². The molecule has 0 fully saturated rings. The van der Waals surface area contributed by atoms with E-state index >= 15 is 0 Å². The van der Waals surface area contributed by atoms with Gasteiger partial charge in [0.2, 0.25) is 0 Å². The molecule has 6 heteroatoms. The molecular weight excluding hydrogens is 364 g/mol. The van der Waals surface area contributed by atoms with E-state index in [9.17, 15) is 4.79 Å². The summed E-state index contributed by atoms with van der Waals surface area (Å²) in [7, 11) is 1.77. The van der Waals surface area contributed by atoms with Crippen LogP contribution in [0.1, 0.15) is 43.5 Å². The predicted octanol–water partition coefficient (Wildman–Crippen LogP) is 3.40. The topological polar surface area (TPSA) is 67.7 Å². The van der Waals surface area contributed by atoms with Gasteiger partial charge in [-0.2, -0.15) is 0 Å². The van der Waals surface area contributed by atoms with Gasteiger partial charge in [0, 0.05) is 44.0 Å². The maximum absolute atomic E-state index is 11.9. The summed E-state index contributed by atoms with van der Waals surface area (Å²) >= 11 is 0. The minimum absolute atomic E-state index is 0.0629.